The molecule has 0 radical (unpaired) electrons. The van der Waals surface area contributed by atoms with Crippen molar-refractivity contribution in [2.45, 2.75) is 6.42 Å². The van der Waals surface area contributed by atoms with Crippen molar-refractivity contribution in [3.63, 3.8) is 0 Å². The molecule has 1 aliphatic heterocycles. The molecule has 9 heavy (non-hydrogen) atoms. The molecule has 0 unspecified atom stereocenters. The molecule has 0 spiro atoms. The molecule has 0 saturated carbocycles. The second-order valence-electron chi connectivity index (χ2n) is 1.73. The van der Waals surface area contributed by atoms with E-state index in [0.717, 1.165) is 0 Å². The van der Waals surface area contributed by atoms with E-state index >= 15 is 0 Å². The highest BCUT2D eigenvalue weighted by Gasteiger charge is 2.01. The molecular formula is C5H7N3O. The van der Waals surface area contributed by atoms with Gasteiger partial charge in [-0.15, -0.1) is 0 Å². The van der Waals surface area contributed by atoms with Gasteiger partial charge in [-0.3, -0.25) is 4.79 Å². The summed E-state index contributed by atoms with van der Waals surface area (Å²) < 4.78 is 0. The second kappa shape index (κ2) is 2.39. The molecule has 1 rings (SSSR count). The third-order valence-electron chi connectivity index (χ3n) is 0.960. The van der Waals surface area contributed by atoms with E-state index in [0.29, 0.717) is 6.42 Å². The molecule has 0 aromatic heterocycles. The third-order valence-corrected chi connectivity index (χ3v) is 0.960. The maximum absolute atomic E-state index is 10.6. The minimum atomic E-state index is 0.0548. The zero-order valence-corrected chi connectivity index (χ0v) is 4.87. The molecule has 4 heteroatoms. The summed E-state index contributed by atoms with van der Waals surface area (Å²) in [6.45, 7) is 0.172. The first-order valence-electron chi connectivity index (χ1n) is 2.63. The van der Waals surface area contributed by atoms with E-state index in [9.17, 15) is 4.79 Å². The highest BCUT2D eigenvalue weighted by molar-refractivity contribution is 6.00. The summed E-state index contributed by atoms with van der Waals surface area (Å²) in [5.74, 6) is 0.250. The van der Waals surface area contributed by atoms with Crippen molar-refractivity contribution >= 4 is 18.0 Å². The zero-order chi connectivity index (χ0) is 6.69. The molecule has 2 N–H and O–H groups in total. The van der Waals surface area contributed by atoms with E-state index in [1.807, 2.05) is 0 Å². The molecule has 1 aliphatic rings. The maximum Gasteiger partial charge on any atom is 0.215 e. The average molecular weight is 125 g/mol. The van der Waals surface area contributed by atoms with Crippen LogP contribution in [-0.4, -0.2) is 24.5 Å². The minimum Gasteiger partial charge on any atom is -0.368 e. The fourth-order valence-corrected chi connectivity index (χ4v) is 0.516. The van der Waals surface area contributed by atoms with Gasteiger partial charge in [0.25, 0.3) is 0 Å². The standard InChI is InChI=1S/C5H7N3O/c6-5-7-2-1-4(9)3-8-5/h2H,1,3H2,(H2,6,8). The van der Waals surface area contributed by atoms with Crippen LogP contribution in [0.4, 0.5) is 0 Å². The molecule has 4 nitrogen and oxygen atoms in total. The predicted octanol–water partition coefficient (Wildman–Crippen LogP) is -0.655. The van der Waals surface area contributed by atoms with Gasteiger partial charge in [-0.1, -0.05) is 0 Å². The molecule has 0 bridgehead atoms. The van der Waals surface area contributed by atoms with Crippen LogP contribution >= 0.6 is 0 Å². The summed E-state index contributed by atoms with van der Waals surface area (Å²) in [5.41, 5.74) is 5.20. The first-order valence-corrected chi connectivity index (χ1v) is 2.63. The Morgan fingerprint density at radius 1 is 1.67 bits per heavy atom. The van der Waals surface area contributed by atoms with Gasteiger partial charge in [-0.2, -0.15) is 0 Å². The van der Waals surface area contributed by atoms with Crippen molar-refractivity contribution in [3.05, 3.63) is 0 Å². The molecule has 48 valence electrons. The molecule has 0 aliphatic carbocycles. The smallest absolute Gasteiger partial charge is 0.215 e. The lowest BCUT2D eigenvalue weighted by Gasteiger charge is -1.84. The second-order valence-corrected chi connectivity index (χ2v) is 1.73. The molecule has 0 saturated heterocycles. The van der Waals surface area contributed by atoms with Crippen LogP contribution in [0.15, 0.2) is 9.98 Å². The van der Waals surface area contributed by atoms with Gasteiger partial charge in [0, 0.05) is 12.6 Å². The van der Waals surface area contributed by atoms with E-state index in [2.05, 4.69) is 9.98 Å². The van der Waals surface area contributed by atoms with Gasteiger partial charge in [0.05, 0.1) is 0 Å². The van der Waals surface area contributed by atoms with E-state index < -0.39 is 0 Å². The number of aliphatic imine (C=N–C) groups is 2. The Morgan fingerprint density at radius 2 is 2.44 bits per heavy atom. The number of hydrogen-bond acceptors (Lipinski definition) is 4. The summed E-state index contributed by atoms with van der Waals surface area (Å²) in [6, 6.07) is 0. The predicted molar refractivity (Wildman–Crippen MR) is 34.6 cm³/mol. The van der Waals surface area contributed by atoms with Gasteiger partial charge in [0.1, 0.15) is 6.54 Å². The molecule has 0 atom stereocenters. The summed E-state index contributed by atoms with van der Waals surface area (Å²) in [7, 11) is 0. The number of hydrogen-bond donors (Lipinski definition) is 1. The third kappa shape index (κ3) is 1.64. The van der Waals surface area contributed by atoms with Crippen LogP contribution in [0.3, 0.4) is 0 Å². The molecule has 0 aromatic rings. The van der Waals surface area contributed by atoms with Gasteiger partial charge in [0.2, 0.25) is 5.96 Å². The van der Waals surface area contributed by atoms with Crippen LogP contribution in [0.1, 0.15) is 6.42 Å². The number of rotatable bonds is 0. The number of Topliss-reactive ketones (excluding diaryl/α,β-unsaturated/α-hetero) is 1. The number of nitrogens with two attached hydrogens (primary N) is 1. The normalized spacial score (nSPS) is 19.1. The van der Waals surface area contributed by atoms with Crippen LogP contribution in [0, 0.1) is 0 Å². The van der Waals surface area contributed by atoms with Crippen molar-refractivity contribution in [2.24, 2.45) is 15.7 Å². The number of nitrogens with zero attached hydrogens (tertiary/aromatic N) is 2. The van der Waals surface area contributed by atoms with E-state index in [1.54, 1.807) is 0 Å². The maximum atomic E-state index is 10.6. The van der Waals surface area contributed by atoms with Crippen LogP contribution < -0.4 is 5.73 Å². The highest BCUT2D eigenvalue weighted by atomic mass is 16.1. The molecular weight excluding hydrogens is 118 g/mol. The monoisotopic (exact) mass is 125 g/mol. The summed E-state index contributed by atoms with van der Waals surface area (Å²) in [4.78, 5) is 17.9. The fourth-order valence-electron chi connectivity index (χ4n) is 0.516. The quantitative estimate of drug-likeness (QED) is 0.467. The highest BCUT2D eigenvalue weighted by Crippen LogP contribution is 1.87. The first-order chi connectivity index (χ1) is 4.29. The Balaban J connectivity index is 2.69. The van der Waals surface area contributed by atoms with Crippen LogP contribution in [-0.2, 0) is 4.79 Å². The van der Waals surface area contributed by atoms with Crippen LogP contribution in [0.5, 0.6) is 0 Å². The molecule has 0 aromatic carbocycles. The average Bonchev–Trinajstić information content (AvgIpc) is 1.97. The molecule has 1 heterocycles. The largest absolute Gasteiger partial charge is 0.368 e. The summed E-state index contributed by atoms with van der Waals surface area (Å²) in [5, 5.41) is 0. The van der Waals surface area contributed by atoms with Crippen molar-refractivity contribution in [1.29, 1.82) is 0 Å². The Bertz CT molecular complexity index is 183. The number of guanidine groups is 1. The van der Waals surface area contributed by atoms with E-state index in [-0.39, 0.29) is 18.3 Å². The van der Waals surface area contributed by atoms with Crippen molar-refractivity contribution in [3.8, 4) is 0 Å². The van der Waals surface area contributed by atoms with Gasteiger partial charge >= 0.3 is 0 Å². The molecule has 0 amide bonds. The van der Waals surface area contributed by atoms with Gasteiger partial charge in [0.15, 0.2) is 5.78 Å². The molecule has 0 fully saturated rings. The zero-order valence-electron chi connectivity index (χ0n) is 4.87. The topological polar surface area (TPSA) is 67.8 Å². The summed E-state index contributed by atoms with van der Waals surface area (Å²) >= 11 is 0. The van der Waals surface area contributed by atoms with Crippen molar-refractivity contribution < 1.29 is 4.79 Å². The van der Waals surface area contributed by atoms with Gasteiger partial charge in [-0.05, 0) is 0 Å². The summed E-state index contributed by atoms with van der Waals surface area (Å²) in [6.07, 6.45) is 1.83. The Kier molecular flexibility index (Phi) is 1.58. The van der Waals surface area contributed by atoms with Gasteiger partial charge < -0.3 is 5.73 Å². The van der Waals surface area contributed by atoms with Crippen LogP contribution in [0.25, 0.3) is 0 Å². The lowest BCUT2D eigenvalue weighted by Crippen LogP contribution is -2.08. The SMILES string of the molecule is NC1=NCC(=O)CC=N1. The van der Waals surface area contributed by atoms with E-state index in [4.69, 9.17) is 5.73 Å². The number of carbonyl (C=O) groups is 1. The van der Waals surface area contributed by atoms with Crippen LogP contribution in [0.2, 0.25) is 0 Å². The first kappa shape index (κ1) is 5.94. The lowest BCUT2D eigenvalue weighted by atomic mass is 10.3. The van der Waals surface area contributed by atoms with Crippen molar-refractivity contribution in [2.75, 3.05) is 6.54 Å². The Labute approximate surface area is 52.5 Å². The number of carbonyl (C=O) groups excluding carboxylic acids is 1. The lowest BCUT2D eigenvalue weighted by molar-refractivity contribution is -0.116. The number of ketones is 1. The van der Waals surface area contributed by atoms with Gasteiger partial charge in [-0.25, -0.2) is 9.98 Å². The Morgan fingerprint density at radius 3 is 3.22 bits per heavy atom. The van der Waals surface area contributed by atoms with E-state index in [1.165, 1.54) is 6.21 Å². The van der Waals surface area contributed by atoms with Crippen molar-refractivity contribution in [1.82, 2.24) is 0 Å². The fraction of sp³-hybridized carbons (Fsp3) is 0.400. The Hall–Kier alpha value is -1.19. The minimum absolute atomic E-state index is 0.0548.